The largest absolute Gasteiger partial charge is 0.355 e. The van der Waals surface area contributed by atoms with Gasteiger partial charge < -0.3 is 4.90 Å². The molecule has 1 aliphatic rings. The Morgan fingerprint density at radius 1 is 1.15 bits per heavy atom. The molecule has 0 unspecified atom stereocenters. The number of nitro benzene ring substituents is 1. The molecule has 0 spiro atoms. The fourth-order valence-corrected chi connectivity index (χ4v) is 4.24. The quantitative estimate of drug-likeness (QED) is 0.249. The molecule has 140 valence electrons. The smallest absolute Gasteiger partial charge is 0.270 e. The summed E-state index contributed by atoms with van der Waals surface area (Å²) in [6, 6.07) is 14.6. The second-order valence-corrected chi connectivity index (χ2v) is 7.89. The van der Waals surface area contributed by atoms with Crippen LogP contribution >= 0.6 is 24.0 Å². The highest BCUT2D eigenvalue weighted by atomic mass is 32.2. The predicted octanol–water partition coefficient (Wildman–Crippen LogP) is 3.60. The van der Waals surface area contributed by atoms with Gasteiger partial charge in [-0.05, 0) is 11.6 Å². The number of aldehydes is 1. The van der Waals surface area contributed by atoms with E-state index in [1.54, 1.807) is 6.07 Å². The van der Waals surface area contributed by atoms with Crippen LogP contribution in [0.3, 0.4) is 0 Å². The minimum atomic E-state index is -0.508. The Morgan fingerprint density at radius 3 is 2.48 bits per heavy atom. The molecule has 8 heteroatoms. The van der Waals surface area contributed by atoms with Crippen molar-refractivity contribution in [1.82, 2.24) is 9.80 Å². The number of non-ortho nitro benzene ring substituents is 1. The van der Waals surface area contributed by atoms with E-state index in [-0.39, 0.29) is 5.69 Å². The van der Waals surface area contributed by atoms with Crippen LogP contribution in [0.2, 0.25) is 0 Å². The van der Waals surface area contributed by atoms with Crippen LogP contribution < -0.4 is 0 Å². The Labute approximate surface area is 167 Å². The van der Waals surface area contributed by atoms with Gasteiger partial charge in [0.15, 0.2) is 6.29 Å². The van der Waals surface area contributed by atoms with E-state index in [1.807, 2.05) is 18.2 Å². The molecule has 0 aliphatic carbocycles. The molecule has 0 aromatic heterocycles. The fourth-order valence-electron chi connectivity index (χ4n) is 2.92. The molecule has 1 fully saturated rings. The second-order valence-electron chi connectivity index (χ2n) is 6.21. The lowest BCUT2D eigenvalue weighted by atomic mass is 10.2. The lowest BCUT2D eigenvalue weighted by Crippen LogP contribution is -2.47. The number of rotatable bonds is 5. The summed E-state index contributed by atoms with van der Waals surface area (Å²) < 4.78 is 0.686. The number of thiocarbonyl (C=S) groups is 1. The van der Waals surface area contributed by atoms with Crippen molar-refractivity contribution in [2.75, 3.05) is 26.2 Å². The predicted molar refractivity (Wildman–Crippen MR) is 110 cm³/mol. The molecule has 0 amide bonds. The van der Waals surface area contributed by atoms with Gasteiger partial charge in [0.1, 0.15) is 4.32 Å². The average molecular weight is 402 g/mol. The molecular weight excluding hydrogens is 382 g/mol. The number of thioether (sulfide) groups is 1. The highest BCUT2D eigenvalue weighted by molar-refractivity contribution is 8.23. The van der Waals surface area contributed by atoms with Crippen LogP contribution in [-0.2, 0) is 6.54 Å². The monoisotopic (exact) mass is 401 g/mol. The zero-order chi connectivity index (χ0) is 19.2. The third-order valence-corrected chi connectivity index (χ3v) is 5.94. The third-order valence-electron chi connectivity index (χ3n) is 4.41. The first-order valence-electron chi connectivity index (χ1n) is 8.53. The number of nitrogens with zero attached hydrogens (tertiary/aromatic N) is 3. The van der Waals surface area contributed by atoms with Crippen LogP contribution in [0.15, 0.2) is 53.4 Å². The van der Waals surface area contributed by atoms with Gasteiger partial charge in [-0.2, -0.15) is 0 Å². The van der Waals surface area contributed by atoms with E-state index in [9.17, 15) is 14.9 Å². The molecule has 0 N–H and O–H groups in total. The van der Waals surface area contributed by atoms with Gasteiger partial charge in [0.25, 0.3) is 5.69 Å². The Morgan fingerprint density at radius 2 is 1.85 bits per heavy atom. The summed E-state index contributed by atoms with van der Waals surface area (Å²) in [6.07, 6.45) is 0.635. The molecule has 0 saturated carbocycles. The maximum atomic E-state index is 11.3. The van der Waals surface area contributed by atoms with E-state index >= 15 is 0 Å². The highest BCUT2D eigenvalue weighted by Crippen LogP contribution is 2.28. The van der Waals surface area contributed by atoms with Crippen molar-refractivity contribution >= 4 is 40.3 Å². The first-order chi connectivity index (χ1) is 13.1. The molecule has 1 heterocycles. The van der Waals surface area contributed by atoms with Crippen molar-refractivity contribution in [3.05, 3.63) is 69.8 Å². The lowest BCUT2D eigenvalue weighted by Gasteiger charge is -2.36. The summed E-state index contributed by atoms with van der Waals surface area (Å²) >= 11 is 6.85. The van der Waals surface area contributed by atoms with Gasteiger partial charge in [-0.25, -0.2) is 0 Å². The number of nitro groups is 1. The summed E-state index contributed by atoms with van der Waals surface area (Å²) in [4.78, 5) is 26.8. The molecule has 0 atom stereocenters. The van der Waals surface area contributed by atoms with Crippen LogP contribution in [0.5, 0.6) is 0 Å². The molecule has 6 nitrogen and oxygen atoms in total. The van der Waals surface area contributed by atoms with Gasteiger partial charge in [0.05, 0.1) is 4.92 Å². The van der Waals surface area contributed by atoms with E-state index in [0.717, 1.165) is 32.7 Å². The zero-order valence-corrected chi connectivity index (χ0v) is 16.2. The van der Waals surface area contributed by atoms with Crippen molar-refractivity contribution in [2.24, 2.45) is 0 Å². The first-order valence-corrected chi connectivity index (χ1v) is 9.76. The van der Waals surface area contributed by atoms with E-state index < -0.39 is 4.92 Å². The van der Waals surface area contributed by atoms with E-state index in [0.29, 0.717) is 21.1 Å². The minimum Gasteiger partial charge on any atom is -0.355 e. The molecule has 27 heavy (non-hydrogen) atoms. The standard InChI is InChI=1S/C19H19N3O3S2/c23-14-16-12-17(22(24)25)6-7-18(16)27-19(26)21-10-8-20(9-11-21)13-15-4-2-1-3-5-15/h1-7,12,14H,8-11,13H2. The van der Waals surface area contributed by atoms with Gasteiger partial charge in [0, 0.05) is 55.3 Å². The number of piperazine rings is 1. The molecule has 0 radical (unpaired) electrons. The van der Waals surface area contributed by atoms with Crippen LogP contribution in [0, 0.1) is 10.1 Å². The van der Waals surface area contributed by atoms with Crippen molar-refractivity contribution in [3.63, 3.8) is 0 Å². The molecule has 2 aromatic rings. The summed E-state index contributed by atoms with van der Waals surface area (Å²) in [5.74, 6) is 0. The van der Waals surface area contributed by atoms with Crippen molar-refractivity contribution in [3.8, 4) is 0 Å². The number of carbonyl (C=O) groups is 1. The van der Waals surface area contributed by atoms with Crippen LogP contribution in [0.25, 0.3) is 0 Å². The zero-order valence-electron chi connectivity index (χ0n) is 14.6. The fraction of sp³-hybridized carbons (Fsp3) is 0.263. The van der Waals surface area contributed by atoms with E-state index in [4.69, 9.17) is 12.2 Å². The van der Waals surface area contributed by atoms with Crippen molar-refractivity contribution in [1.29, 1.82) is 0 Å². The maximum Gasteiger partial charge on any atom is 0.270 e. The SMILES string of the molecule is O=Cc1cc([N+](=O)[O-])ccc1SC(=S)N1CCN(Cc2ccccc2)CC1. The first kappa shape index (κ1) is 19.5. The highest BCUT2D eigenvalue weighted by Gasteiger charge is 2.21. The molecule has 0 bridgehead atoms. The van der Waals surface area contributed by atoms with Gasteiger partial charge >= 0.3 is 0 Å². The number of benzene rings is 2. The maximum absolute atomic E-state index is 11.3. The summed E-state index contributed by atoms with van der Waals surface area (Å²) in [5.41, 5.74) is 1.49. The molecule has 3 rings (SSSR count). The molecule has 1 aliphatic heterocycles. The molecular formula is C19H19N3O3S2. The van der Waals surface area contributed by atoms with Gasteiger partial charge in [-0.15, -0.1) is 0 Å². The average Bonchev–Trinajstić information content (AvgIpc) is 2.69. The van der Waals surface area contributed by atoms with Crippen molar-refractivity contribution < 1.29 is 9.72 Å². The number of carbonyl (C=O) groups excluding carboxylic acids is 1. The van der Waals surface area contributed by atoms with E-state index in [1.165, 1.54) is 29.5 Å². The summed E-state index contributed by atoms with van der Waals surface area (Å²) in [7, 11) is 0. The molecule has 1 saturated heterocycles. The topological polar surface area (TPSA) is 66.7 Å². The van der Waals surface area contributed by atoms with Crippen molar-refractivity contribution in [2.45, 2.75) is 11.4 Å². The van der Waals surface area contributed by atoms with Gasteiger partial charge in [-0.1, -0.05) is 54.3 Å². The Hall–Kier alpha value is -2.29. The minimum absolute atomic E-state index is 0.0955. The normalized spacial score (nSPS) is 14.7. The Kier molecular flexibility index (Phi) is 6.54. The number of hydrogen-bond donors (Lipinski definition) is 0. The third kappa shape index (κ3) is 5.12. The second kappa shape index (κ2) is 9.07. The van der Waals surface area contributed by atoms with E-state index in [2.05, 4.69) is 21.9 Å². The summed E-state index contributed by atoms with van der Waals surface area (Å²) in [5, 5.41) is 10.9. The van der Waals surface area contributed by atoms with Gasteiger partial charge in [0.2, 0.25) is 0 Å². The van der Waals surface area contributed by atoms with Crippen LogP contribution in [0.1, 0.15) is 15.9 Å². The van der Waals surface area contributed by atoms with Crippen LogP contribution in [-0.4, -0.2) is 51.5 Å². The van der Waals surface area contributed by atoms with Gasteiger partial charge in [-0.3, -0.25) is 19.8 Å². The Bertz CT molecular complexity index is 837. The lowest BCUT2D eigenvalue weighted by molar-refractivity contribution is -0.384. The Balaban J connectivity index is 1.57. The molecule has 2 aromatic carbocycles. The number of hydrogen-bond acceptors (Lipinski definition) is 6. The van der Waals surface area contributed by atoms with Crippen LogP contribution in [0.4, 0.5) is 5.69 Å². The summed E-state index contributed by atoms with van der Waals surface area (Å²) in [6.45, 7) is 4.39.